The van der Waals surface area contributed by atoms with Crippen molar-refractivity contribution < 1.29 is 41.0 Å². The molecule has 2 aromatic carbocycles. The van der Waals surface area contributed by atoms with E-state index in [1.807, 2.05) is 0 Å². The molecular weight excluding hydrogens is 513 g/mol. The number of alkyl halides is 5. The first-order valence-electron chi connectivity index (χ1n) is 10.6. The number of amides is 1. The Morgan fingerprint density at radius 1 is 1.19 bits per heavy atom. The number of anilines is 1. The molecule has 0 aliphatic carbocycles. The standard InChI is InChI=1S/C23H21ClF5N3O4/c1-3-35-20(34)22(2)12-32(11-18(33)30-14-5-7-15(8-6-14)36-21(25)26)31-19(22)13-4-9-16(17(24)10-13)23(27,28)29/h4-10,21H,3,11-12H2,1-2H3,(H,30,33). The quantitative estimate of drug-likeness (QED) is 0.373. The predicted octanol–water partition coefficient (Wildman–Crippen LogP) is 5.19. The number of benzene rings is 2. The molecule has 0 aromatic heterocycles. The molecule has 36 heavy (non-hydrogen) atoms. The number of halogens is 6. The van der Waals surface area contributed by atoms with Crippen molar-refractivity contribution in [2.45, 2.75) is 26.6 Å². The molecule has 1 N–H and O–H groups in total. The van der Waals surface area contributed by atoms with Crippen LogP contribution in [0.5, 0.6) is 5.75 Å². The zero-order valence-corrected chi connectivity index (χ0v) is 19.8. The minimum Gasteiger partial charge on any atom is -0.465 e. The Bertz CT molecular complexity index is 1160. The smallest absolute Gasteiger partial charge is 0.417 e. The first-order valence-corrected chi connectivity index (χ1v) is 10.9. The van der Waals surface area contributed by atoms with E-state index in [-0.39, 0.29) is 36.7 Å². The summed E-state index contributed by atoms with van der Waals surface area (Å²) in [5.41, 5.74) is -1.87. The zero-order valence-electron chi connectivity index (χ0n) is 19.0. The average Bonchev–Trinajstić information content (AvgIpc) is 3.11. The maximum atomic E-state index is 13.1. The Morgan fingerprint density at radius 2 is 1.86 bits per heavy atom. The number of esters is 1. The number of hydrogen-bond donors (Lipinski definition) is 1. The number of carbonyl (C=O) groups excluding carboxylic acids is 2. The number of rotatable bonds is 8. The van der Waals surface area contributed by atoms with Crippen LogP contribution in [0.25, 0.3) is 0 Å². The first kappa shape index (κ1) is 27.2. The molecule has 2 aromatic rings. The summed E-state index contributed by atoms with van der Waals surface area (Å²) in [6, 6.07) is 8.23. The minimum absolute atomic E-state index is 0.0568. The highest BCUT2D eigenvalue weighted by Crippen LogP contribution is 2.38. The molecule has 1 atom stereocenters. The summed E-state index contributed by atoms with van der Waals surface area (Å²) in [6.45, 7) is -0.224. The topological polar surface area (TPSA) is 80.2 Å². The molecule has 0 radical (unpaired) electrons. The summed E-state index contributed by atoms with van der Waals surface area (Å²) in [6.07, 6.45) is -4.66. The Labute approximate surface area is 207 Å². The fraction of sp³-hybridized carbons (Fsp3) is 0.348. The van der Waals surface area contributed by atoms with Gasteiger partial charge >= 0.3 is 18.8 Å². The highest BCUT2D eigenvalue weighted by Gasteiger charge is 2.47. The van der Waals surface area contributed by atoms with Crippen molar-refractivity contribution in [1.29, 1.82) is 0 Å². The van der Waals surface area contributed by atoms with E-state index < -0.39 is 40.7 Å². The van der Waals surface area contributed by atoms with Gasteiger partial charge in [0.2, 0.25) is 5.91 Å². The van der Waals surface area contributed by atoms with Gasteiger partial charge in [-0.2, -0.15) is 27.1 Å². The van der Waals surface area contributed by atoms with Crippen LogP contribution in [0, 0.1) is 5.41 Å². The lowest BCUT2D eigenvalue weighted by Gasteiger charge is -2.24. The Morgan fingerprint density at radius 3 is 2.42 bits per heavy atom. The van der Waals surface area contributed by atoms with E-state index in [4.69, 9.17) is 16.3 Å². The molecule has 13 heteroatoms. The van der Waals surface area contributed by atoms with Crippen LogP contribution >= 0.6 is 11.6 Å². The van der Waals surface area contributed by atoms with Crippen molar-refractivity contribution in [2.75, 3.05) is 25.0 Å². The minimum atomic E-state index is -4.66. The number of nitrogens with one attached hydrogen (secondary N) is 1. The van der Waals surface area contributed by atoms with Gasteiger partial charge in [-0.1, -0.05) is 17.7 Å². The van der Waals surface area contributed by atoms with Gasteiger partial charge in [-0.15, -0.1) is 0 Å². The third-order valence-electron chi connectivity index (χ3n) is 5.23. The second-order valence-corrected chi connectivity index (χ2v) is 8.37. The van der Waals surface area contributed by atoms with Gasteiger partial charge in [-0.25, -0.2) is 0 Å². The lowest BCUT2D eigenvalue weighted by Crippen LogP contribution is -2.41. The third kappa shape index (κ3) is 6.23. The summed E-state index contributed by atoms with van der Waals surface area (Å²) in [7, 11) is 0. The highest BCUT2D eigenvalue weighted by molar-refractivity contribution is 6.32. The van der Waals surface area contributed by atoms with Gasteiger partial charge in [0.15, 0.2) is 0 Å². The van der Waals surface area contributed by atoms with E-state index in [9.17, 15) is 31.5 Å². The number of hydrogen-bond acceptors (Lipinski definition) is 6. The lowest BCUT2D eigenvalue weighted by atomic mass is 9.82. The van der Waals surface area contributed by atoms with Crippen LogP contribution in [-0.2, 0) is 20.5 Å². The molecule has 1 aliphatic rings. The Balaban J connectivity index is 1.82. The molecule has 0 bridgehead atoms. The SMILES string of the molecule is CCOC(=O)C1(C)CN(CC(=O)Nc2ccc(OC(F)F)cc2)N=C1c1ccc(C(F)(F)F)c(Cl)c1. The largest absolute Gasteiger partial charge is 0.465 e. The first-order chi connectivity index (χ1) is 16.8. The van der Waals surface area contributed by atoms with Crippen molar-refractivity contribution in [3.05, 3.63) is 58.6 Å². The summed E-state index contributed by atoms with van der Waals surface area (Å²) in [5.74, 6) is -1.30. The van der Waals surface area contributed by atoms with Crippen LogP contribution in [0.2, 0.25) is 5.02 Å². The fourth-order valence-corrected chi connectivity index (χ4v) is 3.91. The second kappa shape index (κ2) is 10.7. The molecule has 1 amide bonds. The molecule has 0 saturated carbocycles. The Hall–Kier alpha value is -3.41. The monoisotopic (exact) mass is 533 g/mol. The van der Waals surface area contributed by atoms with Crippen molar-refractivity contribution in [1.82, 2.24) is 5.01 Å². The van der Waals surface area contributed by atoms with E-state index in [1.54, 1.807) is 6.92 Å². The number of hydrazone groups is 1. The van der Waals surface area contributed by atoms with E-state index in [0.717, 1.165) is 18.2 Å². The van der Waals surface area contributed by atoms with Crippen LogP contribution in [0.4, 0.5) is 27.6 Å². The summed E-state index contributed by atoms with van der Waals surface area (Å²) >= 11 is 5.86. The molecule has 3 rings (SSSR count). The summed E-state index contributed by atoms with van der Waals surface area (Å²) < 4.78 is 73.3. The number of carbonyl (C=O) groups is 2. The molecule has 1 aliphatic heterocycles. The van der Waals surface area contributed by atoms with Crippen LogP contribution in [0.3, 0.4) is 0 Å². The molecular formula is C23H21ClF5N3O4. The second-order valence-electron chi connectivity index (χ2n) is 7.97. The van der Waals surface area contributed by atoms with Gasteiger partial charge in [0.05, 0.1) is 29.4 Å². The zero-order chi connectivity index (χ0) is 26.7. The van der Waals surface area contributed by atoms with Crippen molar-refractivity contribution in [3.63, 3.8) is 0 Å². The maximum Gasteiger partial charge on any atom is 0.417 e. The van der Waals surface area contributed by atoms with E-state index >= 15 is 0 Å². The molecule has 7 nitrogen and oxygen atoms in total. The van der Waals surface area contributed by atoms with Crippen molar-refractivity contribution >= 4 is 34.9 Å². The van der Waals surface area contributed by atoms with Gasteiger partial charge < -0.3 is 14.8 Å². The van der Waals surface area contributed by atoms with Gasteiger partial charge in [0, 0.05) is 11.3 Å². The maximum absolute atomic E-state index is 13.1. The number of nitrogens with zero attached hydrogens (tertiary/aromatic N) is 2. The van der Waals surface area contributed by atoms with Crippen molar-refractivity contribution in [3.8, 4) is 5.75 Å². The van der Waals surface area contributed by atoms with Gasteiger partial charge in [-0.3, -0.25) is 14.6 Å². The number of ether oxygens (including phenoxy) is 2. The van der Waals surface area contributed by atoms with Gasteiger partial charge in [0.1, 0.15) is 17.7 Å². The normalized spacial score (nSPS) is 17.7. The van der Waals surface area contributed by atoms with Crippen LogP contribution in [0.15, 0.2) is 47.6 Å². The van der Waals surface area contributed by atoms with Crippen LogP contribution in [-0.4, -0.2) is 48.9 Å². The molecule has 1 unspecified atom stereocenters. The van der Waals surface area contributed by atoms with E-state index in [1.165, 1.54) is 36.2 Å². The third-order valence-corrected chi connectivity index (χ3v) is 5.54. The molecule has 0 saturated heterocycles. The molecule has 194 valence electrons. The van der Waals surface area contributed by atoms with Crippen LogP contribution in [0.1, 0.15) is 25.0 Å². The van der Waals surface area contributed by atoms with Gasteiger partial charge in [-0.05, 0) is 50.2 Å². The highest BCUT2D eigenvalue weighted by atomic mass is 35.5. The summed E-state index contributed by atoms with van der Waals surface area (Å²) in [5, 5.41) is 7.60. The summed E-state index contributed by atoms with van der Waals surface area (Å²) in [4.78, 5) is 25.3. The lowest BCUT2D eigenvalue weighted by molar-refractivity contribution is -0.150. The molecule has 0 fully saturated rings. The van der Waals surface area contributed by atoms with E-state index in [0.29, 0.717) is 5.69 Å². The van der Waals surface area contributed by atoms with Gasteiger partial charge in [0.25, 0.3) is 0 Å². The fourth-order valence-electron chi connectivity index (χ4n) is 3.62. The van der Waals surface area contributed by atoms with E-state index in [2.05, 4.69) is 15.2 Å². The Kier molecular flexibility index (Phi) is 8.07. The average molecular weight is 534 g/mol. The van der Waals surface area contributed by atoms with Crippen LogP contribution < -0.4 is 10.1 Å². The molecule has 1 heterocycles. The molecule has 0 spiro atoms. The predicted molar refractivity (Wildman–Crippen MR) is 121 cm³/mol. The van der Waals surface area contributed by atoms with Crippen molar-refractivity contribution in [2.24, 2.45) is 10.5 Å².